The monoisotopic (exact) mass is 286 g/mol. The summed E-state index contributed by atoms with van der Waals surface area (Å²) >= 11 is 0. The fraction of sp³-hybridized carbons (Fsp3) is 0.538. The molecule has 108 valence electrons. The summed E-state index contributed by atoms with van der Waals surface area (Å²) in [5.74, 6) is -0.0710. The molecule has 0 aliphatic carbocycles. The van der Waals surface area contributed by atoms with Crippen LogP contribution in [0.3, 0.4) is 0 Å². The second-order valence-electron chi connectivity index (χ2n) is 4.72. The molecule has 0 spiro atoms. The molecule has 1 rings (SSSR count). The number of rotatable bonds is 7. The van der Waals surface area contributed by atoms with E-state index in [4.69, 9.17) is 10.5 Å². The third kappa shape index (κ3) is 5.59. The lowest BCUT2D eigenvalue weighted by Crippen LogP contribution is -2.22. The van der Waals surface area contributed by atoms with Crippen molar-refractivity contribution in [3.8, 4) is 0 Å². The van der Waals surface area contributed by atoms with Crippen LogP contribution in [0.15, 0.2) is 24.3 Å². The molecule has 0 heterocycles. The maximum Gasteiger partial charge on any atom is 0.235 e. The van der Waals surface area contributed by atoms with Crippen molar-refractivity contribution in [2.45, 2.75) is 32.9 Å². The summed E-state index contributed by atoms with van der Waals surface area (Å²) in [6, 6.07) is 6.89. The first kappa shape index (κ1) is 15.9. The smallest absolute Gasteiger partial charge is 0.235 e. The molecule has 3 N–H and O–H groups in total. The van der Waals surface area contributed by atoms with Crippen molar-refractivity contribution in [3.05, 3.63) is 29.8 Å². The number of benzene rings is 1. The first-order valence-electron chi connectivity index (χ1n) is 6.28. The molecule has 19 heavy (non-hydrogen) atoms. The Hall–Kier alpha value is -1.11. The predicted molar refractivity (Wildman–Crippen MR) is 77.5 cm³/mol. The molecule has 0 aliphatic heterocycles. The molecule has 0 bridgehead atoms. The highest BCUT2D eigenvalue weighted by molar-refractivity contribution is 7.92. The molecular weight excluding hydrogens is 264 g/mol. The van der Waals surface area contributed by atoms with Crippen LogP contribution in [0.1, 0.15) is 32.4 Å². The van der Waals surface area contributed by atoms with Crippen LogP contribution in [0.25, 0.3) is 0 Å². The largest absolute Gasteiger partial charge is 0.378 e. The topological polar surface area (TPSA) is 81.4 Å². The standard InChI is InChI=1S/C13H22N2O3S/c1-10(2)18-8-9-19(16,17)15-13-7-5-4-6-12(13)11(3)14/h4-7,10-11,15H,8-9,14H2,1-3H3. The summed E-state index contributed by atoms with van der Waals surface area (Å²) in [7, 11) is -3.42. The van der Waals surface area contributed by atoms with Gasteiger partial charge in [0.2, 0.25) is 10.0 Å². The maximum absolute atomic E-state index is 11.9. The molecule has 1 unspecified atom stereocenters. The van der Waals surface area contributed by atoms with Gasteiger partial charge in [-0.25, -0.2) is 8.42 Å². The third-order valence-corrected chi connectivity index (χ3v) is 3.76. The maximum atomic E-state index is 11.9. The SMILES string of the molecule is CC(C)OCCS(=O)(=O)Nc1ccccc1C(C)N. The predicted octanol–water partition coefficient (Wildman–Crippen LogP) is 1.87. The van der Waals surface area contributed by atoms with E-state index in [9.17, 15) is 8.42 Å². The van der Waals surface area contributed by atoms with Crippen molar-refractivity contribution >= 4 is 15.7 Å². The zero-order valence-electron chi connectivity index (χ0n) is 11.6. The van der Waals surface area contributed by atoms with Gasteiger partial charge in [-0.15, -0.1) is 0 Å². The molecule has 0 fully saturated rings. The number of para-hydroxylation sites is 1. The van der Waals surface area contributed by atoms with E-state index in [0.717, 1.165) is 5.56 Å². The van der Waals surface area contributed by atoms with Gasteiger partial charge in [-0.05, 0) is 32.4 Å². The second kappa shape index (κ2) is 6.88. The summed E-state index contributed by atoms with van der Waals surface area (Å²) < 4.78 is 31.7. The fourth-order valence-electron chi connectivity index (χ4n) is 1.60. The van der Waals surface area contributed by atoms with Gasteiger partial charge in [-0.2, -0.15) is 0 Å². The van der Waals surface area contributed by atoms with Gasteiger partial charge in [0, 0.05) is 6.04 Å². The lowest BCUT2D eigenvalue weighted by Gasteiger charge is -2.15. The molecule has 0 amide bonds. The summed E-state index contributed by atoms with van der Waals surface area (Å²) in [4.78, 5) is 0. The Balaban J connectivity index is 2.73. The Morgan fingerprint density at radius 1 is 1.26 bits per heavy atom. The molecule has 6 heteroatoms. The number of hydrogen-bond donors (Lipinski definition) is 2. The van der Waals surface area contributed by atoms with E-state index in [0.29, 0.717) is 5.69 Å². The summed E-state index contributed by atoms with van der Waals surface area (Å²) in [6.45, 7) is 5.72. The minimum absolute atomic E-state index is 0.0200. The van der Waals surface area contributed by atoms with Crippen molar-refractivity contribution in [1.29, 1.82) is 0 Å². The Morgan fingerprint density at radius 3 is 2.47 bits per heavy atom. The van der Waals surface area contributed by atoms with Crippen LogP contribution in [0.4, 0.5) is 5.69 Å². The number of nitrogens with one attached hydrogen (secondary N) is 1. The first-order valence-corrected chi connectivity index (χ1v) is 7.93. The summed E-state index contributed by atoms with van der Waals surface area (Å²) in [5, 5.41) is 0. The Kier molecular flexibility index (Phi) is 5.78. The molecule has 0 radical (unpaired) electrons. The molecular formula is C13H22N2O3S. The number of sulfonamides is 1. The van der Waals surface area contributed by atoms with E-state index >= 15 is 0 Å². The van der Waals surface area contributed by atoms with Gasteiger partial charge in [0.1, 0.15) is 0 Å². The highest BCUT2D eigenvalue weighted by Gasteiger charge is 2.14. The molecule has 5 nitrogen and oxygen atoms in total. The minimum atomic E-state index is -3.42. The molecule has 0 aliphatic rings. The van der Waals surface area contributed by atoms with Crippen molar-refractivity contribution in [1.82, 2.24) is 0 Å². The fourth-order valence-corrected chi connectivity index (χ4v) is 2.54. The zero-order valence-corrected chi connectivity index (χ0v) is 12.4. The molecule has 1 atom stereocenters. The Morgan fingerprint density at radius 2 is 1.89 bits per heavy atom. The van der Waals surface area contributed by atoms with E-state index in [1.807, 2.05) is 32.9 Å². The van der Waals surface area contributed by atoms with Crippen LogP contribution in [-0.4, -0.2) is 26.9 Å². The van der Waals surface area contributed by atoms with E-state index in [1.54, 1.807) is 12.1 Å². The van der Waals surface area contributed by atoms with Crippen molar-refractivity contribution in [3.63, 3.8) is 0 Å². The average Bonchev–Trinajstić information content (AvgIpc) is 2.27. The molecule has 1 aromatic rings. The number of nitrogens with two attached hydrogens (primary N) is 1. The molecule has 0 saturated heterocycles. The van der Waals surface area contributed by atoms with Crippen LogP contribution in [0, 0.1) is 0 Å². The van der Waals surface area contributed by atoms with E-state index in [2.05, 4.69) is 4.72 Å². The van der Waals surface area contributed by atoms with Gasteiger partial charge < -0.3 is 10.5 Å². The van der Waals surface area contributed by atoms with Gasteiger partial charge in [0.05, 0.1) is 24.2 Å². The van der Waals surface area contributed by atoms with E-state index in [1.165, 1.54) is 0 Å². The van der Waals surface area contributed by atoms with Crippen LogP contribution in [0.2, 0.25) is 0 Å². The average molecular weight is 286 g/mol. The van der Waals surface area contributed by atoms with Crippen molar-refractivity contribution < 1.29 is 13.2 Å². The number of hydrogen-bond acceptors (Lipinski definition) is 4. The van der Waals surface area contributed by atoms with E-state index in [-0.39, 0.29) is 24.5 Å². The second-order valence-corrected chi connectivity index (χ2v) is 6.56. The summed E-state index contributed by atoms with van der Waals surface area (Å²) in [5.41, 5.74) is 7.12. The molecule has 0 saturated carbocycles. The highest BCUT2D eigenvalue weighted by Crippen LogP contribution is 2.21. The normalized spacial score (nSPS) is 13.5. The van der Waals surface area contributed by atoms with Crippen molar-refractivity contribution in [2.75, 3.05) is 17.1 Å². The molecule has 1 aromatic carbocycles. The minimum Gasteiger partial charge on any atom is -0.378 e. The third-order valence-electron chi connectivity index (χ3n) is 2.52. The van der Waals surface area contributed by atoms with Crippen LogP contribution >= 0.6 is 0 Å². The van der Waals surface area contributed by atoms with Crippen molar-refractivity contribution in [2.24, 2.45) is 5.73 Å². The van der Waals surface area contributed by atoms with Gasteiger partial charge in [0.15, 0.2) is 0 Å². The van der Waals surface area contributed by atoms with Gasteiger partial charge in [-0.1, -0.05) is 18.2 Å². The summed E-state index contributed by atoms with van der Waals surface area (Å²) in [6.07, 6.45) is 0.0200. The highest BCUT2D eigenvalue weighted by atomic mass is 32.2. The van der Waals surface area contributed by atoms with Gasteiger partial charge >= 0.3 is 0 Å². The number of anilines is 1. The first-order chi connectivity index (χ1) is 8.82. The lowest BCUT2D eigenvalue weighted by molar-refractivity contribution is 0.0913. The van der Waals surface area contributed by atoms with E-state index < -0.39 is 10.0 Å². The molecule has 0 aromatic heterocycles. The zero-order chi connectivity index (χ0) is 14.5. The van der Waals surface area contributed by atoms with Gasteiger partial charge in [-0.3, -0.25) is 4.72 Å². The number of ether oxygens (including phenoxy) is 1. The van der Waals surface area contributed by atoms with Gasteiger partial charge in [0.25, 0.3) is 0 Å². The van der Waals surface area contributed by atoms with Crippen LogP contribution < -0.4 is 10.5 Å². The Labute approximate surface area is 115 Å². The van der Waals surface area contributed by atoms with Crippen LogP contribution in [-0.2, 0) is 14.8 Å². The quantitative estimate of drug-likeness (QED) is 0.802. The Bertz CT molecular complexity index is 498. The lowest BCUT2D eigenvalue weighted by atomic mass is 10.1. The van der Waals surface area contributed by atoms with Crippen LogP contribution in [0.5, 0.6) is 0 Å².